The maximum Gasteiger partial charge on any atom is 0.0108 e. The molecule has 1 aliphatic heterocycles. The Morgan fingerprint density at radius 1 is 1.00 bits per heavy atom. The van der Waals surface area contributed by atoms with E-state index in [0.717, 1.165) is 12.1 Å². The van der Waals surface area contributed by atoms with Gasteiger partial charge in [-0.15, -0.1) is 0 Å². The maximum atomic E-state index is 3.46. The molecule has 70 valence electrons. The molecule has 1 saturated heterocycles. The van der Waals surface area contributed by atoms with Crippen molar-refractivity contribution in [3.8, 4) is 0 Å². The van der Waals surface area contributed by atoms with Gasteiger partial charge < -0.3 is 10.2 Å². The van der Waals surface area contributed by atoms with Gasteiger partial charge in [-0.05, 0) is 52.2 Å². The van der Waals surface area contributed by atoms with E-state index >= 15 is 0 Å². The van der Waals surface area contributed by atoms with Crippen LogP contribution in [0.25, 0.3) is 0 Å². The summed E-state index contributed by atoms with van der Waals surface area (Å²) >= 11 is 0. The number of nitrogens with zero attached hydrogens (tertiary/aromatic N) is 1. The van der Waals surface area contributed by atoms with E-state index in [1.54, 1.807) is 0 Å². The molecule has 0 spiro atoms. The van der Waals surface area contributed by atoms with Gasteiger partial charge in [-0.25, -0.2) is 0 Å². The highest BCUT2D eigenvalue weighted by Gasteiger charge is 2.30. The molecule has 2 nitrogen and oxygen atoms in total. The van der Waals surface area contributed by atoms with Crippen molar-refractivity contribution in [2.45, 2.75) is 44.2 Å². The minimum atomic E-state index is 0.868. The summed E-state index contributed by atoms with van der Waals surface area (Å²) in [5.41, 5.74) is 0. The lowest BCUT2D eigenvalue weighted by atomic mass is 10.1. The summed E-state index contributed by atoms with van der Waals surface area (Å²) in [6.07, 6.45) is 7.01. The molecular weight excluding hydrogens is 148 g/mol. The topological polar surface area (TPSA) is 15.3 Å². The standard InChI is InChI=1S/C10H20N2/c1-12(10-4-5-10)9-3-2-7-11-8-6-9/h9-11H,2-8H2,1H3/t9-/m0/s1. The van der Waals surface area contributed by atoms with Crippen LogP contribution in [-0.2, 0) is 0 Å². The summed E-state index contributed by atoms with van der Waals surface area (Å²) in [6.45, 7) is 2.46. The molecule has 0 bridgehead atoms. The van der Waals surface area contributed by atoms with Crippen LogP contribution in [-0.4, -0.2) is 37.1 Å². The first kappa shape index (κ1) is 8.52. The predicted octanol–water partition coefficient (Wildman–Crippen LogP) is 1.22. The fourth-order valence-electron chi connectivity index (χ4n) is 2.19. The molecule has 0 aromatic rings. The van der Waals surface area contributed by atoms with Crippen LogP contribution in [0.2, 0.25) is 0 Å². The number of hydrogen-bond donors (Lipinski definition) is 1. The van der Waals surface area contributed by atoms with Gasteiger partial charge in [-0.3, -0.25) is 0 Å². The van der Waals surface area contributed by atoms with Crippen molar-refractivity contribution in [1.29, 1.82) is 0 Å². The van der Waals surface area contributed by atoms with E-state index in [0.29, 0.717) is 0 Å². The average molecular weight is 168 g/mol. The van der Waals surface area contributed by atoms with Crippen molar-refractivity contribution >= 4 is 0 Å². The van der Waals surface area contributed by atoms with Crippen LogP contribution in [0.3, 0.4) is 0 Å². The molecule has 1 heterocycles. The molecule has 2 heteroatoms. The van der Waals surface area contributed by atoms with Gasteiger partial charge in [0.05, 0.1) is 0 Å². The molecule has 0 aromatic carbocycles. The van der Waals surface area contributed by atoms with E-state index < -0.39 is 0 Å². The van der Waals surface area contributed by atoms with Gasteiger partial charge in [0, 0.05) is 12.1 Å². The zero-order chi connectivity index (χ0) is 8.39. The largest absolute Gasteiger partial charge is 0.317 e. The van der Waals surface area contributed by atoms with Crippen LogP contribution >= 0.6 is 0 Å². The highest BCUT2D eigenvalue weighted by atomic mass is 15.2. The number of rotatable bonds is 2. The second kappa shape index (κ2) is 3.75. The lowest BCUT2D eigenvalue weighted by Crippen LogP contribution is -2.34. The first-order chi connectivity index (χ1) is 5.88. The molecule has 2 fully saturated rings. The summed E-state index contributed by atoms with van der Waals surface area (Å²) in [5.74, 6) is 0. The van der Waals surface area contributed by atoms with Crippen molar-refractivity contribution < 1.29 is 0 Å². The van der Waals surface area contributed by atoms with Crippen molar-refractivity contribution in [2.24, 2.45) is 0 Å². The maximum absolute atomic E-state index is 3.46. The normalized spacial score (nSPS) is 32.0. The van der Waals surface area contributed by atoms with Crippen molar-refractivity contribution in [2.75, 3.05) is 20.1 Å². The zero-order valence-electron chi connectivity index (χ0n) is 8.05. The van der Waals surface area contributed by atoms with Gasteiger partial charge in [-0.1, -0.05) is 0 Å². The Morgan fingerprint density at radius 3 is 2.50 bits per heavy atom. The third-order valence-corrected chi connectivity index (χ3v) is 3.24. The lowest BCUT2D eigenvalue weighted by Gasteiger charge is -2.26. The van der Waals surface area contributed by atoms with Gasteiger partial charge in [0.2, 0.25) is 0 Å². The molecule has 0 amide bonds. The number of hydrogen-bond acceptors (Lipinski definition) is 2. The van der Waals surface area contributed by atoms with Crippen molar-refractivity contribution in [3.05, 3.63) is 0 Å². The van der Waals surface area contributed by atoms with Crippen LogP contribution in [0.15, 0.2) is 0 Å². The Bertz CT molecular complexity index is 135. The van der Waals surface area contributed by atoms with E-state index in [9.17, 15) is 0 Å². The monoisotopic (exact) mass is 168 g/mol. The molecule has 1 aliphatic carbocycles. The third-order valence-electron chi connectivity index (χ3n) is 3.24. The van der Waals surface area contributed by atoms with Crippen LogP contribution in [0.1, 0.15) is 32.1 Å². The molecule has 1 saturated carbocycles. The second-order valence-corrected chi connectivity index (χ2v) is 4.23. The van der Waals surface area contributed by atoms with Gasteiger partial charge in [0.25, 0.3) is 0 Å². The first-order valence-electron chi connectivity index (χ1n) is 5.30. The average Bonchev–Trinajstić information content (AvgIpc) is 2.92. The summed E-state index contributed by atoms with van der Waals surface area (Å²) in [7, 11) is 2.31. The van der Waals surface area contributed by atoms with E-state index in [2.05, 4.69) is 17.3 Å². The fraction of sp³-hybridized carbons (Fsp3) is 1.00. The highest BCUT2D eigenvalue weighted by molar-refractivity contribution is 4.87. The molecule has 1 atom stereocenters. The minimum Gasteiger partial charge on any atom is -0.317 e. The minimum absolute atomic E-state index is 0.868. The van der Waals surface area contributed by atoms with E-state index in [4.69, 9.17) is 0 Å². The summed E-state index contributed by atoms with van der Waals surface area (Å²) < 4.78 is 0. The summed E-state index contributed by atoms with van der Waals surface area (Å²) in [6, 6.07) is 1.81. The smallest absolute Gasteiger partial charge is 0.0108 e. The van der Waals surface area contributed by atoms with E-state index in [-0.39, 0.29) is 0 Å². The molecule has 0 radical (unpaired) electrons. The summed E-state index contributed by atoms with van der Waals surface area (Å²) in [4.78, 5) is 2.62. The van der Waals surface area contributed by atoms with Crippen LogP contribution in [0.5, 0.6) is 0 Å². The first-order valence-corrected chi connectivity index (χ1v) is 5.30. The van der Waals surface area contributed by atoms with Gasteiger partial charge >= 0.3 is 0 Å². The summed E-state index contributed by atoms with van der Waals surface area (Å²) in [5, 5.41) is 3.46. The Morgan fingerprint density at radius 2 is 1.75 bits per heavy atom. The molecular formula is C10H20N2. The second-order valence-electron chi connectivity index (χ2n) is 4.23. The van der Waals surface area contributed by atoms with Crippen molar-refractivity contribution in [1.82, 2.24) is 10.2 Å². The van der Waals surface area contributed by atoms with Crippen molar-refractivity contribution in [3.63, 3.8) is 0 Å². The molecule has 2 rings (SSSR count). The van der Waals surface area contributed by atoms with Gasteiger partial charge in [0.1, 0.15) is 0 Å². The molecule has 12 heavy (non-hydrogen) atoms. The van der Waals surface area contributed by atoms with Crippen LogP contribution < -0.4 is 5.32 Å². The fourth-order valence-corrected chi connectivity index (χ4v) is 2.19. The quantitative estimate of drug-likeness (QED) is 0.667. The highest BCUT2D eigenvalue weighted by Crippen LogP contribution is 2.29. The van der Waals surface area contributed by atoms with E-state index in [1.807, 2.05) is 0 Å². The molecule has 0 aromatic heterocycles. The number of nitrogens with one attached hydrogen (secondary N) is 1. The molecule has 1 N–H and O–H groups in total. The molecule has 0 unspecified atom stereocenters. The van der Waals surface area contributed by atoms with Gasteiger partial charge in [0.15, 0.2) is 0 Å². The Hall–Kier alpha value is -0.0800. The zero-order valence-corrected chi connectivity index (χ0v) is 8.05. The molecule has 2 aliphatic rings. The van der Waals surface area contributed by atoms with Crippen LogP contribution in [0, 0.1) is 0 Å². The Labute approximate surface area is 75.3 Å². The predicted molar refractivity (Wildman–Crippen MR) is 51.3 cm³/mol. The van der Waals surface area contributed by atoms with E-state index in [1.165, 1.54) is 45.2 Å². The Kier molecular flexibility index (Phi) is 2.66. The van der Waals surface area contributed by atoms with Gasteiger partial charge in [-0.2, -0.15) is 0 Å². The SMILES string of the molecule is CN(C1CC1)[C@H]1CCCNCC1. The van der Waals surface area contributed by atoms with Crippen LogP contribution in [0.4, 0.5) is 0 Å². The third kappa shape index (κ3) is 1.99. The Balaban J connectivity index is 1.82. The lowest BCUT2D eigenvalue weighted by molar-refractivity contribution is 0.215.